The predicted molar refractivity (Wildman–Crippen MR) is 52.4 cm³/mol. The molecule has 98 valence electrons. The van der Waals surface area contributed by atoms with Crippen LogP contribution in [-0.4, -0.2) is 68.5 Å². The van der Waals surface area contributed by atoms with Gasteiger partial charge in [0.1, 0.15) is 18.3 Å². The average molecular weight is 250 g/mol. The van der Waals surface area contributed by atoms with E-state index in [0.29, 0.717) is 6.08 Å². The average Bonchev–Trinajstić information content (AvgIpc) is 2.34. The predicted octanol–water partition coefficient (Wildman–Crippen LogP) is -3.32. The first-order chi connectivity index (χ1) is 7.84. The van der Waals surface area contributed by atoms with E-state index < -0.39 is 43.0 Å². The number of carbonyl (C=O) groups is 2. The number of aliphatic hydroxyl groups excluding tert-OH is 5. The summed E-state index contributed by atoms with van der Waals surface area (Å²) in [6.45, 7) is 2.12. The molecule has 4 atom stereocenters. The maximum absolute atomic E-state index is 11.0. The zero-order valence-corrected chi connectivity index (χ0v) is 8.76. The number of hydrogen-bond acceptors (Lipinski definition) is 8. The van der Waals surface area contributed by atoms with Gasteiger partial charge in [-0.3, -0.25) is 0 Å². The molecule has 0 heterocycles. The van der Waals surface area contributed by atoms with Crippen molar-refractivity contribution in [3.63, 3.8) is 0 Å². The Kier molecular flexibility index (Phi) is 6.54. The number of esters is 2. The lowest BCUT2D eigenvalue weighted by atomic mass is 10.0. The fraction of sp³-hybridized carbons (Fsp3) is 0.556. The lowest BCUT2D eigenvalue weighted by Crippen LogP contribution is -2.49. The monoisotopic (exact) mass is 250 g/mol. The van der Waals surface area contributed by atoms with Gasteiger partial charge in [0.15, 0.2) is 6.10 Å². The van der Waals surface area contributed by atoms with Crippen molar-refractivity contribution in [1.82, 2.24) is 0 Å². The van der Waals surface area contributed by atoms with Gasteiger partial charge in [-0.2, -0.15) is 0 Å². The van der Waals surface area contributed by atoms with Crippen LogP contribution in [0.15, 0.2) is 12.7 Å². The van der Waals surface area contributed by atoms with E-state index in [4.69, 9.17) is 15.3 Å². The number of hydrogen-bond donors (Lipinski definition) is 5. The van der Waals surface area contributed by atoms with Crippen molar-refractivity contribution in [2.24, 2.45) is 0 Å². The summed E-state index contributed by atoms with van der Waals surface area (Å²) in [5.41, 5.74) is 0. The van der Waals surface area contributed by atoms with Crippen molar-refractivity contribution >= 4 is 11.9 Å². The number of aliphatic hydroxyl groups is 5. The van der Waals surface area contributed by atoms with Gasteiger partial charge in [-0.25, -0.2) is 9.59 Å². The summed E-state index contributed by atoms with van der Waals surface area (Å²) >= 11 is 0. The summed E-state index contributed by atoms with van der Waals surface area (Å²) in [5.74, 6) is -2.65. The Labute approximate surface area is 96.4 Å². The minimum absolute atomic E-state index is 0.663. The molecule has 0 rings (SSSR count). The molecule has 0 unspecified atom stereocenters. The minimum atomic E-state index is -2.24. The molecule has 0 bridgehead atoms. The lowest BCUT2D eigenvalue weighted by Gasteiger charge is -2.23. The van der Waals surface area contributed by atoms with Crippen molar-refractivity contribution in [3.8, 4) is 0 Å². The third-order valence-electron chi connectivity index (χ3n) is 1.86. The Bertz CT molecular complexity index is 289. The van der Waals surface area contributed by atoms with Crippen LogP contribution in [-0.2, 0) is 14.3 Å². The standard InChI is InChI=1S/C9H14O8/c1-2-5(12)17-9(16)8(15)7(14)6(13)4(11)3-10/h2,4,6-8,10-11,13-15H,1,3H2/t4-,6-,7+,8-/m1/s1. The summed E-state index contributed by atoms with van der Waals surface area (Å²) in [4.78, 5) is 21.6. The molecule has 8 nitrogen and oxygen atoms in total. The molecule has 0 aromatic rings. The van der Waals surface area contributed by atoms with Crippen LogP contribution in [0.3, 0.4) is 0 Å². The van der Waals surface area contributed by atoms with E-state index in [1.165, 1.54) is 0 Å². The van der Waals surface area contributed by atoms with E-state index >= 15 is 0 Å². The fourth-order valence-electron chi connectivity index (χ4n) is 0.863. The summed E-state index contributed by atoms with van der Waals surface area (Å²) in [5, 5.41) is 45.0. The highest BCUT2D eigenvalue weighted by molar-refractivity contribution is 5.93. The first-order valence-corrected chi connectivity index (χ1v) is 4.56. The third kappa shape index (κ3) is 4.59. The van der Waals surface area contributed by atoms with E-state index in [9.17, 15) is 19.8 Å². The molecule has 5 N–H and O–H groups in total. The van der Waals surface area contributed by atoms with Gasteiger partial charge in [-0.1, -0.05) is 6.58 Å². The Morgan fingerprint density at radius 1 is 1.18 bits per heavy atom. The Morgan fingerprint density at radius 2 is 1.71 bits per heavy atom. The summed E-state index contributed by atoms with van der Waals surface area (Å²) in [7, 11) is 0. The molecule has 0 aromatic carbocycles. The molecule has 8 heteroatoms. The van der Waals surface area contributed by atoms with E-state index in [1.54, 1.807) is 0 Å². The maximum Gasteiger partial charge on any atom is 0.345 e. The number of carbonyl (C=O) groups excluding carboxylic acids is 2. The van der Waals surface area contributed by atoms with Crippen LogP contribution in [0.5, 0.6) is 0 Å². The van der Waals surface area contributed by atoms with E-state index in [2.05, 4.69) is 11.3 Å². The maximum atomic E-state index is 11.0. The second-order valence-electron chi connectivity index (χ2n) is 3.12. The van der Waals surface area contributed by atoms with Crippen LogP contribution in [0.25, 0.3) is 0 Å². The highest BCUT2D eigenvalue weighted by atomic mass is 16.6. The van der Waals surface area contributed by atoms with Gasteiger partial charge in [-0.15, -0.1) is 0 Å². The summed E-state index contributed by atoms with van der Waals surface area (Å²) < 4.78 is 3.98. The molecule has 0 fully saturated rings. The normalized spacial score (nSPS) is 17.7. The third-order valence-corrected chi connectivity index (χ3v) is 1.86. The topological polar surface area (TPSA) is 145 Å². The van der Waals surface area contributed by atoms with Gasteiger partial charge in [-0.05, 0) is 0 Å². The number of rotatable bonds is 6. The first-order valence-electron chi connectivity index (χ1n) is 4.56. The second-order valence-corrected chi connectivity index (χ2v) is 3.12. The van der Waals surface area contributed by atoms with Crippen LogP contribution in [0, 0.1) is 0 Å². The van der Waals surface area contributed by atoms with Crippen molar-refractivity contribution in [2.45, 2.75) is 24.4 Å². The Balaban J connectivity index is 4.48. The van der Waals surface area contributed by atoms with Crippen LogP contribution in [0.1, 0.15) is 0 Å². The van der Waals surface area contributed by atoms with E-state index in [-0.39, 0.29) is 0 Å². The SMILES string of the molecule is C=CC(=O)OC(=O)[C@H](O)[C@@H](O)[C@H](O)[C@H](O)CO. The van der Waals surface area contributed by atoms with Crippen molar-refractivity contribution < 1.29 is 39.9 Å². The van der Waals surface area contributed by atoms with E-state index in [0.717, 1.165) is 0 Å². The van der Waals surface area contributed by atoms with Crippen molar-refractivity contribution in [1.29, 1.82) is 0 Å². The van der Waals surface area contributed by atoms with Gasteiger partial charge >= 0.3 is 11.9 Å². The van der Waals surface area contributed by atoms with Crippen LogP contribution >= 0.6 is 0 Å². The van der Waals surface area contributed by atoms with Crippen LogP contribution < -0.4 is 0 Å². The molecule has 0 saturated carbocycles. The quantitative estimate of drug-likeness (QED) is 0.187. The van der Waals surface area contributed by atoms with Crippen LogP contribution in [0.4, 0.5) is 0 Å². The van der Waals surface area contributed by atoms with Gasteiger partial charge in [0.2, 0.25) is 0 Å². The summed E-state index contributed by atoms with van der Waals surface area (Å²) in [6, 6.07) is 0. The fourth-order valence-corrected chi connectivity index (χ4v) is 0.863. The molecule has 0 aliphatic rings. The summed E-state index contributed by atoms with van der Waals surface area (Å²) in [6.07, 6.45) is -7.41. The highest BCUT2D eigenvalue weighted by Crippen LogP contribution is 2.06. The van der Waals surface area contributed by atoms with Gasteiger partial charge in [0.25, 0.3) is 0 Å². The number of ether oxygens (including phenoxy) is 1. The molecular formula is C9H14O8. The highest BCUT2D eigenvalue weighted by Gasteiger charge is 2.35. The Morgan fingerprint density at radius 3 is 2.12 bits per heavy atom. The van der Waals surface area contributed by atoms with Gasteiger partial charge < -0.3 is 30.3 Å². The van der Waals surface area contributed by atoms with Crippen molar-refractivity contribution in [3.05, 3.63) is 12.7 Å². The largest absolute Gasteiger partial charge is 0.394 e. The molecule has 0 aliphatic carbocycles. The molecule has 0 aliphatic heterocycles. The van der Waals surface area contributed by atoms with E-state index in [1.807, 2.05) is 0 Å². The smallest absolute Gasteiger partial charge is 0.345 e. The van der Waals surface area contributed by atoms with Gasteiger partial charge in [0.05, 0.1) is 6.61 Å². The zero-order chi connectivity index (χ0) is 13.6. The van der Waals surface area contributed by atoms with Crippen LogP contribution in [0.2, 0.25) is 0 Å². The molecule has 0 spiro atoms. The molecule has 0 radical (unpaired) electrons. The second kappa shape index (κ2) is 7.09. The molecule has 0 amide bonds. The zero-order valence-electron chi connectivity index (χ0n) is 8.76. The molecule has 0 aromatic heterocycles. The first kappa shape index (κ1) is 15.7. The molecule has 0 saturated heterocycles. The molecular weight excluding hydrogens is 236 g/mol. The lowest BCUT2D eigenvalue weighted by molar-refractivity contribution is -0.174. The van der Waals surface area contributed by atoms with Crippen molar-refractivity contribution in [2.75, 3.05) is 6.61 Å². The van der Waals surface area contributed by atoms with Gasteiger partial charge in [0, 0.05) is 6.08 Å². The Hall–Kier alpha value is -1.32. The minimum Gasteiger partial charge on any atom is -0.394 e. The molecule has 17 heavy (non-hydrogen) atoms.